The van der Waals surface area contributed by atoms with Crippen LogP contribution < -0.4 is 0 Å². The number of Topliss-reactive ketones (excluding diaryl/α,β-unsaturated/α-hetero) is 1. The Morgan fingerprint density at radius 3 is 2.35 bits per heavy atom. The molecule has 1 aliphatic carbocycles. The maximum Gasteiger partial charge on any atom is 0.215 e. The molecular formula is C12H21NO5S2. The third-order valence-electron chi connectivity index (χ3n) is 4.13. The van der Waals surface area contributed by atoms with Gasteiger partial charge in [0.25, 0.3) is 0 Å². The van der Waals surface area contributed by atoms with Crippen molar-refractivity contribution in [3.8, 4) is 0 Å². The maximum atomic E-state index is 12.3. The summed E-state index contributed by atoms with van der Waals surface area (Å²) in [5.74, 6) is -0.786. The lowest BCUT2D eigenvalue weighted by Crippen LogP contribution is -2.43. The molecule has 116 valence electrons. The first-order valence-corrected chi connectivity index (χ1v) is 10.6. The summed E-state index contributed by atoms with van der Waals surface area (Å²) < 4.78 is 48.3. The Bertz CT molecular complexity index is 581. The van der Waals surface area contributed by atoms with Gasteiger partial charge in [-0.1, -0.05) is 0 Å². The molecule has 2 atom stereocenters. The van der Waals surface area contributed by atoms with Crippen molar-refractivity contribution in [2.24, 2.45) is 5.92 Å². The van der Waals surface area contributed by atoms with Gasteiger partial charge in [0.2, 0.25) is 10.0 Å². The van der Waals surface area contributed by atoms with Crippen molar-refractivity contribution in [1.82, 2.24) is 4.31 Å². The molecule has 2 aliphatic rings. The smallest absolute Gasteiger partial charge is 0.215 e. The number of ketones is 1. The Kier molecular flexibility index (Phi) is 4.56. The minimum atomic E-state index is -3.60. The van der Waals surface area contributed by atoms with Gasteiger partial charge in [-0.3, -0.25) is 4.79 Å². The molecule has 6 nitrogen and oxygen atoms in total. The van der Waals surface area contributed by atoms with Gasteiger partial charge in [0, 0.05) is 31.2 Å². The highest BCUT2D eigenvalue weighted by molar-refractivity contribution is 7.93. The summed E-state index contributed by atoms with van der Waals surface area (Å²) in [7, 11) is -6.91. The van der Waals surface area contributed by atoms with E-state index in [9.17, 15) is 21.6 Å². The van der Waals surface area contributed by atoms with Crippen molar-refractivity contribution in [2.45, 2.75) is 38.1 Å². The number of sulfone groups is 1. The Balaban J connectivity index is 2.11. The zero-order valence-electron chi connectivity index (χ0n) is 11.6. The van der Waals surface area contributed by atoms with Gasteiger partial charge in [0.15, 0.2) is 0 Å². The Morgan fingerprint density at radius 1 is 1.10 bits per heavy atom. The van der Waals surface area contributed by atoms with Gasteiger partial charge in [0.1, 0.15) is 15.6 Å². The van der Waals surface area contributed by atoms with Crippen LogP contribution in [0.1, 0.15) is 32.1 Å². The van der Waals surface area contributed by atoms with Gasteiger partial charge in [-0.2, -0.15) is 4.31 Å². The third-order valence-corrected chi connectivity index (χ3v) is 7.23. The predicted octanol–water partition coefficient (Wildman–Crippen LogP) is 0.194. The summed E-state index contributed by atoms with van der Waals surface area (Å²) in [6.45, 7) is 0.403. The number of nitrogens with zero attached hydrogens (tertiary/aromatic N) is 1. The van der Waals surface area contributed by atoms with Gasteiger partial charge >= 0.3 is 0 Å². The lowest BCUT2D eigenvalue weighted by molar-refractivity contribution is -0.121. The molecule has 0 aromatic rings. The van der Waals surface area contributed by atoms with E-state index in [2.05, 4.69) is 0 Å². The lowest BCUT2D eigenvalue weighted by atomic mass is 9.96. The number of carbonyl (C=O) groups is 1. The van der Waals surface area contributed by atoms with Crippen molar-refractivity contribution in [3.63, 3.8) is 0 Å². The first-order chi connectivity index (χ1) is 9.21. The summed E-state index contributed by atoms with van der Waals surface area (Å²) in [5, 5.41) is 0. The second-order valence-corrected chi connectivity index (χ2v) is 10.0. The van der Waals surface area contributed by atoms with Crippen molar-refractivity contribution >= 4 is 25.6 Å². The highest BCUT2D eigenvalue weighted by atomic mass is 32.2. The summed E-state index contributed by atoms with van der Waals surface area (Å²) in [4.78, 5) is 11.8. The Morgan fingerprint density at radius 2 is 1.80 bits per heavy atom. The molecule has 0 amide bonds. The molecule has 2 rings (SSSR count). The number of sulfonamides is 1. The van der Waals surface area contributed by atoms with Crippen LogP contribution >= 0.6 is 0 Å². The Hall–Kier alpha value is -0.470. The molecule has 2 fully saturated rings. The number of hydrogen-bond donors (Lipinski definition) is 0. The molecule has 0 aromatic heterocycles. The molecule has 0 spiro atoms. The number of hydrogen-bond acceptors (Lipinski definition) is 5. The molecule has 0 aromatic carbocycles. The molecule has 1 heterocycles. The first kappa shape index (κ1) is 15.9. The Labute approximate surface area is 120 Å². The first-order valence-electron chi connectivity index (χ1n) is 6.91. The molecule has 20 heavy (non-hydrogen) atoms. The van der Waals surface area contributed by atoms with E-state index in [1.165, 1.54) is 4.31 Å². The normalized spacial score (nSPS) is 29.1. The quantitative estimate of drug-likeness (QED) is 0.721. The van der Waals surface area contributed by atoms with Gasteiger partial charge in [-0.15, -0.1) is 0 Å². The van der Waals surface area contributed by atoms with Crippen LogP contribution in [0.15, 0.2) is 0 Å². The molecule has 1 aliphatic heterocycles. The molecule has 0 N–H and O–H groups in total. The van der Waals surface area contributed by atoms with E-state index in [1.807, 2.05) is 0 Å². The fourth-order valence-electron chi connectivity index (χ4n) is 3.14. The third kappa shape index (κ3) is 3.59. The largest absolute Gasteiger partial charge is 0.299 e. The van der Waals surface area contributed by atoms with Gasteiger partial charge < -0.3 is 0 Å². The van der Waals surface area contributed by atoms with Crippen molar-refractivity contribution in [1.29, 1.82) is 0 Å². The summed E-state index contributed by atoms with van der Waals surface area (Å²) in [5.41, 5.74) is 0. The highest BCUT2D eigenvalue weighted by Gasteiger charge is 2.42. The van der Waals surface area contributed by atoms with Gasteiger partial charge in [0.05, 0.1) is 11.5 Å². The maximum absolute atomic E-state index is 12.3. The monoisotopic (exact) mass is 323 g/mol. The second kappa shape index (κ2) is 5.73. The zero-order chi connectivity index (χ0) is 15.0. The minimum absolute atomic E-state index is 0.153. The summed E-state index contributed by atoms with van der Waals surface area (Å²) in [6.07, 6.45) is 4.60. The highest BCUT2D eigenvalue weighted by Crippen LogP contribution is 2.34. The van der Waals surface area contributed by atoms with Crippen molar-refractivity contribution in [2.75, 3.05) is 24.3 Å². The SMILES string of the molecule is CS(=O)(=O)CCS(=O)(=O)N1CCCC1C1CCCC1=O. The van der Waals surface area contributed by atoms with E-state index in [-0.39, 0.29) is 29.2 Å². The molecule has 2 unspecified atom stereocenters. The van der Waals surface area contributed by atoms with E-state index >= 15 is 0 Å². The summed E-state index contributed by atoms with van der Waals surface area (Å²) in [6, 6.07) is -0.255. The van der Waals surface area contributed by atoms with Crippen LogP contribution in [0.3, 0.4) is 0 Å². The van der Waals surface area contributed by atoms with E-state index in [0.29, 0.717) is 19.4 Å². The van der Waals surface area contributed by atoms with E-state index in [1.54, 1.807) is 0 Å². The lowest BCUT2D eigenvalue weighted by Gasteiger charge is -2.27. The average molecular weight is 323 g/mol. The van der Waals surface area contributed by atoms with Crippen LogP contribution in [-0.4, -0.2) is 57.3 Å². The molecule has 1 saturated heterocycles. The van der Waals surface area contributed by atoms with E-state index in [4.69, 9.17) is 0 Å². The van der Waals surface area contributed by atoms with Crippen LogP contribution in [0.4, 0.5) is 0 Å². The predicted molar refractivity (Wildman–Crippen MR) is 75.6 cm³/mol. The molecular weight excluding hydrogens is 302 g/mol. The zero-order valence-corrected chi connectivity index (χ0v) is 13.2. The molecule has 0 bridgehead atoms. The fraction of sp³-hybridized carbons (Fsp3) is 0.917. The second-order valence-electron chi connectivity index (χ2n) is 5.73. The minimum Gasteiger partial charge on any atom is -0.299 e. The summed E-state index contributed by atoms with van der Waals surface area (Å²) >= 11 is 0. The molecule has 0 radical (unpaired) electrons. The van der Waals surface area contributed by atoms with Crippen molar-refractivity contribution in [3.05, 3.63) is 0 Å². The average Bonchev–Trinajstić information content (AvgIpc) is 2.93. The topological polar surface area (TPSA) is 88.6 Å². The fourth-order valence-corrected chi connectivity index (χ4v) is 6.50. The van der Waals surface area contributed by atoms with E-state index in [0.717, 1.165) is 25.5 Å². The van der Waals surface area contributed by atoms with Crippen LogP contribution in [0.2, 0.25) is 0 Å². The number of rotatable bonds is 5. The van der Waals surface area contributed by atoms with E-state index < -0.39 is 19.9 Å². The van der Waals surface area contributed by atoms with Gasteiger partial charge in [-0.05, 0) is 25.7 Å². The van der Waals surface area contributed by atoms with Crippen LogP contribution in [0, 0.1) is 5.92 Å². The number of carbonyl (C=O) groups excluding carboxylic acids is 1. The van der Waals surface area contributed by atoms with Crippen LogP contribution in [0.25, 0.3) is 0 Å². The van der Waals surface area contributed by atoms with Crippen LogP contribution in [-0.2, 0) is 24.7 Å². The standard InChI is InChI=1S/C12H21NO5S2/c1-19(15,16)8-9-20(17,18)13-7-3-5-11(13)10-4-2-6-12(10)14/h10-11H,2-9H2,1H3. The van der Waals surface area contributed by atoms with Gasteiger partial charge in [-0.25, -0.2) is 16.8 Å². The molecule has 1 saturated carbocycles. The van der Waals surface area contributed by atoms with Crippen molar-refractivity contribution < 1.29 is 21.6 Å². The molecule has 8 heteroatoms. The van der Waals surface area contributed by atoms with Crippen LogP contribution in [0.5, 0.6) is 0 Å².